The van der Waals surface area contributed by atoms with Crippen LogP contribution in [-0.4, -0.2) is 18.5 Å². The second kappa shape index (κ2) is 7.60. The first-order chi connectivity index (χ1) is 7.61. The fourth-order valence-electron chi connectivity index (χ4n) is 2.81. The van der Waals surface area contributed by atoms with Gasteiger partial charge < -0.3 is 4.74 Å². The molecule has 1 aliphatic rings. The third-order valence-electron chi connectivity index (χ3n) is 3.72. The van der Waals surface area contributed by atoms with Crippen molar-refractivity contribution in [3.8, 4) is 0 Å². The SMILES string of the molecule is CC(CCS)CCOC1CC(C)CC(C)C1. The summed E-state index contributed by atoms with van der Waals surface area (Å²) in [4.78, 5) is 0. The summed E-state index contributed by atoms with van der Waals surface area (Å²) < 4.78 is 6.02. The summed E-state index contributed by atoms with van der Waals surface area (Å²) in [6, 6.07) is 0. The molecule has 1 aliphatic carbocycles. The Kier molecular flexibility index (Phi) is 6.83. The van der Waals surface area contributed by atoms with E-state index in [-0.39, 0.29) is 0 Å². The van der Waals surface area contributed by atoms with Crippen LogP contribution in [0, 0.1) is 17.8 Å². The lowest BCUT2D eigenvalue weighted by atomic mass is 9.82. The fourth-order valence-corrected chi connectivity index (χ4v) is 3.25. The summed E-state index contributed by atoms with van der Waals surface area (Å²) in [6.45, 7) is 7.95. The van der Waals surface area contributed by atoms with Gasteiger partial charge in [0.1, 0.15) is 0 Å². The van der Waals surface area contributed by atoms with Gasteiger partial charge in [0.15, 0.2) is 0 Å². The van der Waals surface area contributed by atoms with Crippen molar-refractivity contribution in [2.24, 2.45) is 17.8 Å². The Hall–Kier alpha value is 0.310. The topological polar surface area (TPSA) is 9.23 Å². The van der Waals surface area contributed by atoms with Gasteiger partial charge in [-0.3, -0.25) is 0 Å². The minimum absolute atomic E-state index is 0.530. The standard InChI is InChI=1S/C14H28OS/c1-11(5-7-16)4-6-15-14-9-12(2)8-13(3)10-14/h11-14,16H,4-10H2,1-3H3. The van der Waals surface area contributed by atoms with Gasteiger partial charge >= 0.3 is 0 Å². The largest absolute Gasteiger partial charge is 0.378 e. The third-order valence-corrected chi connectivity index (χ3v) is 3.98. The van der Waals surface area contributed by atoms with Gasteiger partial charge in [-0.05, 0) is 55.6 Å². The first-order valence-corrected chi connectivity index (χ1v) is 7.47. The molecule has 0 aromatic heterocycles. The molecule has 3 atom stereocenters. The van der Waals surface area contributed by atoms with E-state index in [1.54, 1.807) is 0 Å². The molecule has 2 heteroatoms. The molecule has 1 rings (SSSR count). The molecule has 3 unspecified atom stereocenters. The molecule has 0 aromatic rings. The first kappa shape index (κ1) is 14.4. The zero-order chi connectivity index (χ0) is 12.0. The van der Waals surface area contributed by atoms with Crippen LogP contribution < -0.4 is 0 Å². The van der Waals surface area contributed by atoms with E-state index in [9.17, 15) is 0 Å². The molecule has 0 amide bonds. The smallest absolute Gasteiger partial charge is 0.0580 e. The summed E-state index contributed by atoms with van der Waals surface area (Å²) >= 11 is 4.27. The van der Waals surface area contributed by atoms with E-state index in [0.29, 0.717) is 6.10 Å². The lowest BCUT2D eigenvalue weighted by molar-refractivity contribution is -0.00391. The molecule has 1 nitrogen and oxygen atoms in total. The summed E-state index contributed by atoms with van der Waals surface area (Å²) in [6.07, 6.45) is 6.86. The normalized spacial score (nSPS) is 32.6. The van der Waals surface area contributed by atoms with Crippen molar-refractivity contribution in [3.63, 3.8) is 0 Å². The summed E-state index contributed by atoms with van der Waals surface area (Å²) in [5.74, 6) is 3.46. The number of hydrogen-bond acceptors (Lipinski definition) is 2. The molecule has 0 bridgehead atoms. The quantitative estimate of drug-likeness (QED) is 0.690. The Balaban J connectivity index is 2.12. The van der Waals surface area contributed by atoms with Crippen LogP contribution in [-0.2, 0) is 4.74 Å². The molecule has 0 aromatic carbocycles. The molecule has 0 aliphatic heterocycles. The van der Waals surface area contributed by atoms with E-state index in [1.165, 1.54) is 32.1 Å². The van der Waals surface area contributed by atoms with E-state index in [0.717, 1.165) is 30.1 Å². The molecule has 0 saturated heterocycles. The fraction of sp³-hybridized carbons (Fsp3) is 1.00. The lowest BCUT2D eigenvalue weighted by Crippen LogP contribution is -2.26. The molecule has 1 saturated carbocycles. The van der Waals surface area contributed by atoms with Gasteiger partial charge in [-0.25, -0.2) is 0 Å². The first-order valence-electron chi connectivity index (χ1n) is 6.84. The van der Waals surface area contributed by atoms with Gasteiger partial charge in [0.05, 0.1) is 6.10 Å². The van der Waals surface area contributed by atoms with E-state index in [4.69, 9.17) is 4.74 Å². The van der Waals surface area contributed by atoms with Gasteiger partial charge in [-0.2, -0.15) is 12.6 Å². The van der Waals surface area contributed by atoms with E-state index in [2.05, 4.69) is 33.4 Å². The molecule has 1 fully saturated rings. The summed E-state index contributed by atoms with van der Waals surface area (Å²) in [7, 11) is 0. The monoisotopic (exact) mass is 244 g/mol. The van der Waals surface area contributed by atoms with Crippen LogP contribution in [0.3, 0.4) is 0 Å². The number of rotatable bonds is 6. The predicted octanol–water partition coefficient (Wildman–Crippen LogP) is 4.17. The number of ether oxygens (including phenoxy) is 1. The van der Waals surface area contributed by atoms with Crippen LogP contribution in [0.2, 0.25) is 0 Å². The molecule has 0 radical (unpaired) electrons. The predicted molar refractivity (Wildman–Crippen MR) is 74.2 cm³/mol. The molecule has 0 N–H and O–H groups in total. The van der Waals surface area contributed by atoms with Gasteiger partial charge in [0, 0.05) is 6.61 Å². The molecule has 0 spiro atoms. The zero-order valence-electron chi connectivity index (χ0n) is 11.1. The van der Waals surface area contributed by atoms with Crippen LogP contribution in [0.15, 0.2) is 0 Å². The Bertz CT molecular complexity index is 174. The summed E-state index contributed by atoms with van der Waals surface area (Å²) in [5.41, 5.74) is 0. The van der Waals surface area contributed by atoms with Crippen molar-refractivity contribution in [1.82, 2.24) is 0 Å². The average Bonchev–Trinajstić information content (AvgIpc) is 2.16. The van der Waals surface area contributed by atoms with Crippen molar-refractivity contribution >= 4 is 12.6 Å². The van der Waals surface area contributed by atoms with Crippen LogP contribution in [0.1, 0.15) is 52.9 Å². The maximum Gasteiger partial charge on any atom is 0.0580 e. The molecule has 16 heavy (non-hydrogen) atoms. The highest BCUT2D eigenvalue weighted by atomic mass is 32.1. The highest BCUT2D eigenvalue weighted by Gasteiger charge is 2.24. The molecule has 0 heterocycles. The second-order valence-electron chi connectivity index (χ2n) is 5.82. The van der Waals surface area contributed by atoms with Crippen molar-refractivity contribution in [3.05, 3.63) is 0 Å². The molecule has 96 valence electrons. The van der Waals surface area contributed by atoms with Gasteiger partial charge in [-0.15, -0.1) is 0 Å². The van der Waals surface area contributed by atoms with Crippen LogP contribution in [0.5, 0.6) is 0 Å². The highest BCUT2D eigenvalue weighted by Crippen LogP contribution is 2.30. The lowest BCUT2D eigenvalue weighted by Gasteiger charge is -2.31. The van der Waals surface area contributed by atoms with Crippen LogP contribution in [0.4, 0.5) is 0 Å². The van der Waals surface area contributed by atoms with Gasteiger partial charge in [0.25, 0.3) is 0 Å². The van der Waals surface area contributed by atoms with Crippen LogP contribution >= 0.6 is 12.6 Å². The van der Waals surface area contributed by atoms with Crippen LogP contribution in [0.25, 0.3) is 0 Å². The van der Waals surface area contributed by atoms with E-state index in [1.807, 2.05) is 0 Å². The van der Waals surface area contributed by atoms with Gasteiger partial charge in [0.2, 0.25) is 0 Å². The Morgan fingerprint density at radius 2 is 1.75 bits per heavy atom. The average molecular weight is 244 g/mol. The number of hydrogen-bond donors (Lipinski definition) is 1. The van der Waals surface area contributed by atoms with Crippen molar-refractivity contribution in [2.75, 3.05) is 12.4 Å². The van der Waals surface area contributed by atoms with E-state index >= 15 is 0 Å². The molecular formula is C14H28OS. The Labute approximate surface area is 107 Å². The van der Waals surface area contributed by atoms with Crippen molar-refractivity contribution in [1.29, 1.82) is 0 Å². The van der Waals surface area contributed by atoms with E-state index < -0.39 is 0 Å². The molecular weight excluding hydrogens is 216 g/mol. The number of thiol groups is 1. The Morgan fingerprint density at radius 1 is 1.12 bits per heavy atom. The van der Waals surface area contributed by atoms with Gasteiger partial charge in [-0.1, -0.05) is 20.8 Å². The Morgan fingerprint density at radius 3 is 2.31 bits per heavy atom. The minimum Gasteiger partial charge on any atom is -0.378 e. The third kappa shape index (κ3) is 5.58. The second-order valence-corrected chi connectivity index (χ2v) is 6.26. The van der Waals surface area contributed by atoms with Crippen molar-refractivity contribution < 1.29 is 4.74 Å². The highest BCUT2D eigenvalue weighted by molar-refractivity contribution is 7.80. The maximum absolute atomic E-state index is 6.02. The minimum atomic E-state index is 0.530. The zero-order valence-corrected chi connectivity index (χ0v) is 12.0. The maximum atomic E-state index is 6.02. The van der Waals surface area contributed by atoms with Crippen molar-refractivity contribution in [2.45, 2.75) is 59.0 Å². The summed E-state index contributed by atoms with van der Waals surface area (Å²) in [5, 5.41) is 0.